The van der Waals surface area contributed by atoms with Crippen LogP contribution in [0, 0.1) is 6.92 Å². The smallest absolute Gasteiger partial charge is 0.343 e. The molecule has 7 nitrogen and oxygen atoms in total. The van der Waals surface area contributed by atoms with Crippen molar-refractivity contribution in [1.82, 2.24) is 0 Å². The predicted molar refractivity (Wildman–Crippen MR) is 149 cm³/mol. The molecule has 0 unspecified atom stereocenters. The van der Waals surface area contributed by atoms with Crippen LogP contribution in [0.25, 0.3) is 22.3 Å². The van der Waals surface area contributed by atoms with Crippen molar-refractivity contribution in [3.8, 4) is 34.3 Å². The Bertz CT molecular complexity index is 1680. The van der Waals surface area contributed by atoms with Gasteiger partial charge in [-0.25, -0.2) is 9.79 Å². The van der Waals surface area contributed by atoms with E-state index in [1.54, 1.807) is 36.4 Å². The zero-order valence-corrected chi connectivity index (χ0v) is 22.1. The first kappa shape index (κ1) is 25.6. The molecule has 0 radical (unpaired) electrons. The Balaban J connectivity index is 1.46. The first-order valence-corrected chi connectivity index (χ1v) is 12.3. The highest BCUT2D eigenvalue weighted by molar-refractivity contribution is 5.92. The van der Waals surface area contributed by atoms with Gasteiger partial charge in [0.25, 0.3) is 0 Å². The summed E-state index contributed by atoms with van der Waals surface area (Å²) in [5.41, 5.74) is 3.79. The fourth-order valence-corrected chi connectivity index (χ4v) is 4.21. The van der Waals surface area contributed by atoms with Gasteiger partial charge in [0.15, 0.2) is 11.5 Å². The molecule has 1 heterocycles. The summed E-state index contributed by atoms with van der Waals surface area (Å²) in [5.74, 6) is 1.67. The zero-order valence-electron chi connectivity index (χ0n) is 22.1. The van der Waals surface area contributed by atoms with Crippen LogP contribution in [0.15, 0.2) is 100 Å². The lowest BCUT2D eigenvalue weighted by molar-refractivity contribution is 0.0734. The van der Waals surface area contributed by atoms with Crippen LogP contribution >= 0.6 is 0 Å². The molecule has 39 heavy (non-hydrogen) atoms. The van der Waals surface area contributed by atoms with E-state index in [1.165, 1.54) is 21.3 Å². The standard InChI is InChI=1S/C32H27NO6/c1-20-10-15-27-25(16-20)26(19-28(39-27)21-8-6-5-7-9-21)33-23-11-13-24(14-12-23)38-32(34)22-17-29(35-2)31(37-4)30(18-22)36-3/h5-19H,1-4H3. The number of nitrogens with zero attached hydrogens (tertiary/aromatic N) is 1. The van der Waals surface area contributed by atoms with Gasteiger partial charge in [-0.15, -0.1) is 0 Å². The van der Waals surface area contributed by atoms with Crippen molar-refractivity contribution < 1.29 is 28.2 Å². The van der Waals surface area contributed by atoms with Gasteiger partial charge in [-0.1, -0.05) is 42.0 Å². The third kappa shape index (κ3) is 5.48. The van der Waals surface area contributed by atoms with Crippen molar-refractivity contribution in [1.29, 1.82) is 0 Å². The Morgan fingerprint density at radius 3 is 2.10 bits per heavy atom. The first-order valence-electron chi connectivity index (χ1n) is 12.3. The average molecular weight is 522 g/mol. The van der Waals surface area contributed by atoms with Crippen molar-refractivity contribution in [2.24, 2.45) is 4.99 Å². The summed E-state index contributed by atoms with van der Waals surface area (Å²) in [6.07, 6.45) is 0. The van der Waals surface area contributed by atoms with Gasteiger partial charge < -0.3 is 23.4 Å². The van der Waals surface area contributed by atoms with Crippen molar-refractivity contribution in [2.45, 2.75) is 6.92 Å². The Hall–Kier alpha value is -5.04. The van der Waals surface area contributed by atoms with Gasteiger partial charge in [-0.3, -0.25) is 0 Å². The molecule has 0 bridgehead atoms. The minimum Gasteiger partial charge on any atom is -0.493 e. The van der Waals surface area contributed by atoms with E-state index in [9.17, 15) is 4.79 Å². The van der Waals surface area contributed by atoms with E-state index in [-0.39, 0.29) is 5.56 Å². The molecule has 0 aliphatic heterocycles. The molecule has 7 heteroatoms. The number of carbonyl (C=O) groups is 1. The third-order valence-corrected chi connectivity index (χ3v) is 6.15. The molecule has 0 saturated carbocycles. The Morgan fingerprint density at radius 2 is 1.46 bits per heavy atom. The molecule has 0 spiro atoms. The number of esters is 1. The minimum absolute atomic E-state index is 0.265. The van der Waals surface area contributed by atoms with E-state index in [1.807, 2.05) is 55.5 Å². The van der Waals surface area contributed by atoms with E-state index in [0.717, 1.165) is 33.2 Å². The fourth-order valence-electron chi connectivity index (χ4n) is 4.21. The first-order chi connectivity index (χ1) is 19.0. The largest absolute Gasteiger partial charge is 0.493 e. The van der Waals surface area contributed by atoms with Crippen molar-refractivity contribution in [2.75, 3.05) is 21.3 Å². The molecule has 0 amide bonds. The molecule has 0 atom stereocenters. The highest BCUT2D eigenvalue weighted by Crippen LogP contribution is 2.38. The van der Waals surface area contributed by atoms with Crippen LogP contribution in [-0.4, -0.2) is 27.3 Å². The number of hydrogen-bond acceptors (Lipinski definition) is 7. The molecular weight excluding hydrogens is 494 g/mol. The monoisotopic (exact) mass is 521 g/mol. The maximum absolute atomic E-state index is 12.9. The summed E-state index contributed by atoms with van der Waals surface area (Å²) in [4.78, 5) is 17.8. The summed E-state index contributed by atoms with van der Waals surface area (Å²) in [5, 5.41) is 1.69. The van der Waals surface area contributed by atoms with E-state index < -0.39 is 5.97 Å². The van der Waals surface area contributed by atoms with Crippen LogP contribution < -0.4 is 24.3 Å². The van der Waals surface area contributed by atoms with Gasteiger partial charge in [0.1, 0.15) is 17.1 Å². The molecule has 5 aromatic rings. The number of rotatable bonds is 7. The highest BCUT2D eigenvalue weighted by atomic mass is 16.5. The second kappa shape index (κ2) is 11.1. The van der Waals surface area contributed by atoms with Crippen LogP contribution in [0.1, 0.15) is 15.9 Å². The summed E-state index contributed by atoms with van der Waals surface area (Å²) in [6.45, 7) is 2.03. The quantitative estimate of drug-likeness (QED) is 0.171. The fraction of sp³-hybridized carbons (Fsp3) is 0.125. The number of fused-ring (bicyclic) bond motifs is 1. The van der Waals surface area contributed by atoms with Gasteiger partial charge in [0.2, 0.25) is 5.75 Å². The van der Waals surface area contributed by atoms with Gasteiger partial charge in [0, 0.05) is 17.0 Å². The summed E-state index contributed by atoms with van der Waals surface area (Å²) in [7, 11) is 4.48. The Morgan fingerprint density at radius 1 is 0.769 bits per heavy atom. The summed E-state index contributed by atoms with van der Waals surface area (Å²) >= 11 is 0. The van der Waals surface area contributed by atoms with Crippen molar-refractivity contribution in [3.05, 3.63) is 107 Å². The van der Waals surface area contributed by atoms with E-state index in [0.29, 0.717) is 28.7 Å². The lowest BCUT2D eigenvalue weighted by atomic mass is 10.1. The molecule has 0 saturated heterocycles. The second-order valence-electron chi connectivity index (χ2n) is 8.77. The van der Waals surface area contributed by atoms with Gasteiger partial charge in [0.05, 0.1) is 37.9 Å². The SMILES string of the molecule is COc1cc(C(=O)Oc2ccc(N=c3cc(-c4ccccc4)oc4ccc(C)cc34)cc2)cc(OC)c1OC. The van der Waals surface area contributed by atoms with Crippen LogP contribution in [0.3, 0.4) is 0 Å². The van der Waals surface area contributed by atoms with Crippen molar-refractivity contribution >= 4 is 22.6 Å². The number of benzene rings is 4. The van der Waals surface area contributed by atoms with E-state index in [2.05, 4.69) is 6.07 Å². The lowest BCUT2D eigenvalue weighted by Crippen LogP contribution is -2.09. The number of ether oxygens (including phenoxy) is 4. The molecule has 0 fully saturated rings. The lowest BCUT2D eigenvalue weighted by Gasteiger charge is -2.13. The van der Waals surface area contributed by atoms with Crippen LogP contribution in [0.5, 0.6) is 23.0 Å². The molecule has 4 aromatic carbocycles. The maximum Gasteiger partial charge on any atom is 0.343 e. The summed E-state index contributed by atoms with van der Waals surface area (Å²) in [6, 6.07) is 28.0. The highest BCUT2D eigenvalue weighted by Gasteiger charge is 2.18. The average Bonchev–Trinajstić information content (AvgIpc) is 2.97. The van der Waals surface area contributed by atoms with Crippen molar-refractivity contribution in [3.63, 3.8) is 0 Å². The number of carbonyl (C=O) groups excluding carboxylic acids is 1. The molecule has 5 rings (SSSR count). The van der Waals surface area contributed by atoms with E-state index in [4.69, 9.17) is 28.4 Å². The normalized spacial score (nSPS) is 11.3. The van der Waals surface area contributed by atoms with Gasteiger partial charge >= 0.3 is 5.97 Å². The Kier molecular flexibility index (Phi) is 7.32. The molecular formula is C32H27NO6. The maximum atomic E-state index is 12.9. The molecule has 0 N–H and O–H groups in total. The van der Waals surface area contributed by atoms with Crippen LogP contribution in [0.2, 0.25) is 0 Å². The molecule has 0 aliphatic rings. The third-order valence-electron chi connectivity index (χ3n) is 6.15. The van der Waals surface area contributed by atoms with Gasteiger partial charge in [-0.2, -0.15) is 0 Å². The minimum atomic E-state index is -0.558. The molecule has 1 aromatic heterocycles. The van der Waals surface area contributed by atoms with Crippen LogP contribution in [0.4, 0.5) is 5.69 Å². The second-order valence-corrected chi connectivity index (χ2v) is 8.77. The number of hydrogen-bond donors (Lipinski definition) is 0. The van der Waals surface area contributed by atoms with E-state index >= 15 is 0 Å². The van der Waals surface area contributed by atoms with Crippen LogP contribution in [-0.2, 0) is 0 Å². The zero-order chi connectivity index (χ0) is 27.4. The summed E-state index contributed by atoms with van der Waals surface area (Å²) < 4.78 is 27.8. The van der Waals surface area contributed by atoms with Gasteiger partial charge in [-0.05, 0) is 55.5 Å². The topological polar surface area (TPSA) is 79.5 Å². The molecule has 196 valence electrons. The number of methoxy groups -OCH3 is 3. The predicted octanol–water partition coefficient (Wildman–Crippen LogP) is 6.89. The molecule has 0 aliphatic carbocycles. The Labute approximate surface area is 225 Å². The number of aryl methyl sites for hydroxylation is 1.